The molecule has 1 aromatic carbocycles. The van der Waals surface area contributed by atoms with Gasteiger partial charge in [0.05, 0.1) is 12.2 Å². The van der Waals surface area contributed by atoms with E-state index < -0.39 is 21.9 Å². The number of carbonyl (C=O) groups is 1. The number of rotatable bonds is 10. The predicted octanol–water partition coefficient (Wildman–Crippen LogP) is 2.85. The molecule has 32 heavy (non-hydrogen) atoms. The van der Waals surface area contributed by atoms with Gasteiger partial charge in [0.25, 0.3) is 5.91 Å². The number of halogens is 1. The average molecular weight is 467 g/mol. The lowest BCUT2D eigenvalue weighted by Gasteiger charge is -2.33. The van der Waals surface area contributed by atoms with Gasteiger partial charge in [-0.2, -0.15) is 13.1 Å². The lowest BCUT2D eigenvalue weighted by Crippen LogP contribution is -2.41. The van der Waals surface area contributed by atoms with Crippen molar-refractivity contribution < 1.29 is 27.4 Å². The normalized spacial score (nSPS) is 30.6. The van der Waals surface area contributed by atoms with E-state index >= 15 is 0 Å². The van der Waals surface area contributed by atoms with Gasteiger partial charge in [-0.3, -0.25) is 4.79 Å². The maximum atomic E-state index is 14.9. The van der Waals surface area contributed by atoms with Gasteiger partial charge in [0.1, 0.15) is 11.6 Å². The third-order valence-corrected chi connectivity index (χ3v) is 8.93. The van der Waals surface area contributed by atoms with Crippen LogP contribution in [0.15, 0.2) is 12.1 Å². The quantitative estimate of drug-likeness (QED) is 0.460. The highest BCUT2D eigenvalue weighted by molar-refractivity contribution is 7.88. The monoisotopic (exact) mass is 466 g/mol. The van der Waals surface area contributed by atoms with Crippen LogP contribution in [0.4, 0.5) is 4.39 Å². The highest BCUT2D eigenvalue weighted by Crippen LogP contribution is 2.65. The summed E-state index contributed by atoms with van der Waals surface area (Å²) in [4.78, 5) is 12.5. The molecule has 0 aliphatic heterocycles. The van der Waals surface area contributed by atoms with Gasteiger partial charge in [-0.1, -0.05) is 0 Å². The smallest absolute Gasteiger partial charge is 0.301 e. The zero-order valence-corrected chi connectivity index (χ0v) is 18.9. The molecule has 5 aliphatic carbocycles. The first kappa shape index (κ1) is 22.1. The lowest BCUT2D eigenvalue weighted by molar-refractivity contribution is 0.0974. The number of amides is 1. The van der Waals surface area contributed by atoms with Crippen molar-refractivity contribution in [3.05, 3.63) is 29.1 Å². The van der Waals surface area contributed by atoms with Crippen LogP contribution in [0, 0.1) is 29.0 Å². The van der Waals surface area contributed by atoms with Crippen LogP contribution in [0.2, 0.25) is 0 Å². The number of carbonyl (C=O) groups excluding carboxylic acids is 1. The second kappa shape index (κ2) is 8.25. The van der Waals surface area contributed by atoms with Crippen LogP contribution in [0.3, 0.4) is 0 Å². The van der Waals surface area contributed by atoms with Crippen LogP contribution >= 0.6 is 0 Å². The number of hydrogen-bond donors (Lipinski definition) is 3. The van der Waals surface area contributed by atoms with Crippen LogP contribution in [0.25, 0.3) is 0 Å². The zero-order chi connectivity index (χ0) is 22.5. The highest BCUT2D eigenvalue weighted by atomic mass is 32.2. The minimum Gasteiger partial charge on any atom is -0.493 e. The molecule has 7 nitrogen and oxygen atoms in total. The summed E-state index contributed by atoms with van der Waals surface area (Å²) in [6, 6.07) is 2.71. The van der Waals surface area contributed by atoms with Crippen LogP contribution in [-0.4, -0.2) is 39.2 Å². The second-order valence-electron chi connectivity index (χ2n) is 10.2. The number of benzene rings is 1. The Morgan fingerprint density at radius 2 is 1.91 bits per heavy atom. The first-order valence-corrected chi connectivity index (χ1v) is 13.2. The molecule has 1 amide bonds. The van der Waals surface area contributed by atoms with Crippen molar-refractivity contribution >= 4 is 16.1 Å². The van der Waals surface area contributed by atoms with Crippen molar-refractivity contribution in [3.8, 4) is 5.75 Å². The third kappa shape index (κ3) is 4.26. The van der Waals surface area contributed by atoms with Gasteiger partial charge in [0, 0.05) is 24.6 Å². The van der Waals surface area contributed by atoms with E-state index in [4.69, 9.17) is 9.84 Å². The van der Waals surface area contributed by atoms with Crippen LogP contribution in [0.5, 0.6) is 5.75 Å². The van der Waals surface area contributed by atoms with E-state index in [1.54, 1.807) is 0 Å². The van der Waals surface area contributed by atoms with Crippen molar-refractivity contribution in [2.75, 3.05) is 19.8 Å². The summed E-state index contributed by atoms with van der Waals surface area (Å²) < 4.78 is 49.2. The molecule has 6 rings (SSSR count). The summed E-state index contributed by atoms with van der Waals surface area (Å²) in [6.45, 7) is 0.394. The number of nitrogens with one attached hydrogen (secondary N) is 2. The molecule has 1 aromatic rings. The van der Waals surface area contributed by atoms with Crippen molar-refractivity contribution in [3.63, 3.8) is 0 Å². The molecule has 2 atom stereocenters. The van der Waals surface area contributed by atoms with E-state index in [2.05, 4.69) is 4.72 Å². The number of aliphatic hydroxyl groups excluding tert-OH is 1. The number of ether oxygens (including phenoxy) is 1. The molecule has 176 valence electrons. The number of hydrogen-bond acceptors (Lipinski definition) is 5. The maximum absolute atomic E-state index is 14.9. The minimum absolute atomic E-state index is 0.0217. The van der Waals surface area contributed by atoms with Gasteiger partial charge in [-0.15, -0.1) is 0 Å². The Hall–Kier alpha value is -1.71. The number of aliphatic hydroxyl groups is 1. The first-order valence-electron chi connectivity index (χ1n) is 11.7. The first-order chi connectivity index (χ1) is 15.3. The third-order valence-electron chi connectivity index (χ3n) is 7.89. The van der Waals surface area contributed by atoms with E-state index in [-0.39, 0.29) is 36.5 Å². The highest BCUT2D eigenvalue weighted by Gasteiger charge is 2.58. The van der Waals surface area contributed by atoms with Gasteiger partial charge in [-0.05, 0) is 86.7 Å². The van der Waals surface area contributed by atoms with Gasteiger partial charge in [-0.25, -0.2) is 9.11 Å². The molecule has 0 spiro atoms. The molecule has 0 saturated heterocycles. The fourth-order valence-electron chi connectivity index (χ4n) is 6.50. The summed E-state index contributed by atoms with van der Waals surface area (Å²) in [6.07, 6.45) is 8.46. The molecular formula is C23H31FN2O5S. The van der Waals surface area contributed by atoms with Gasteiger partial charge < -0.3 is 9.84 Å². The molecule has 5 fully saturated rings. The summed E-state index contributed by atoms with van der Waals surface area (Å²) in [5, 5.41) is 8.77. The molecule has 4 bridgehead atoms. The Labute approximate surface area is 188 Å². The summed E-state index contributed by atoms with van der Waals surface area (Å²) in [5.41, 5.74) is 0.706. The Morgan fingerprint density at radius 3 is 2.56 bits per heavy atom. The van der Waals surface area contributed by atoms with Gasteiger partial charge >= 0.3 is 10.2 Å². The van der Waals surface area contributed by atoms with Crippen LogP contribution in [0.1, 0.15) is 73.2 Å². The van der Waals surface area contributed by atoms with Crippen molar-refractivity contribution in [2.24, 2.45) is 23.2 Å². The SMILES string of the molecule is O=C(NS(=O)(=O)NCCCO)c1cc(C2CC2)c(OCC23CC4CC(CC2C4)C3)cc1F. The molecule has 0 radical (unpaired) electrons. The molecular weight excluding hydrogens is 435 g/mol. The van der Waals surface area contributed by atoms with Crippen LogP contribution < -0.4 is 14.2 Å². The van der Waals surface area contributed by atoms with E-state index in [0.717, 1.165) is 30.2 Å². The standard InChI is InChI=1S/C23H31FN2O5S/c24-20-10-21(31-13-23-11-14-6-15(12-23)8-17(23)7-14)18(16-2-3-16)9-19(20)22(28)26-32(29,30)25-4-1-5-27/h9-10,14-17,25,27H,1-8,11-13H2,(H,26,28). The Balaban J connectivity index is 1.31. The minimum atomic E-state index is -4.14. The van der Waals surface area contributed by atoms with Crippen molar-refractivity contribution in [1.29, 1.82) is 0 Å². The maximum Gasteiger partial charge on any atom is 0.301 e. The van der Waals surface area contributed by atoms with Gasteiger partial charge in [0.2, 0.25) is 0 Å². The van der Waals surface area contributed by atoms with Gasteiger partial charge in [0.15, 0.2) is 0 Å². The van der Waals surface area contributed by atoms with E-state index in [9.17, 15) is 17.6 Å². The molecule has 9 heteroatoms. The zero-order valence-electron chi connectivity index (χ0n) is 18.1. The summed E-state index contributed by atoms with van der Waals surface area (Å²) in [7, 11) is -4.14. The average Bonchev–Trinajstić information content (AvgIpc) is 3.49. The molecule has 5 saturated carbocycles. The fourth-order valence-corrected chi connectivity index (χ4v) is 7.34. The van der Waals surface area contributed by atoms with E-state index in [1.165, 1.54) is 44.2 Å². The lowest BCUT2D eigenvalue weighted by atomic mass is 9.76. The summed E-state index contributed by atoms with van der Waals surface area (Å²) in [5.74, 6) is 1.25. The molecule has 3 N–H and O–H groups in total. The molecule has 0 heterocycles. The van der Waals surface area contributed by atoms with Crippen LogP contribution in [-0.2, 0) is 10.2 Å². The van der Waals surface area contributed by atoms with E-state index in [0.29, 0.717) is 18.3 Å². The Bertz CT molecular complexity index is 996. The Kier molecular flexibility index (Phi) is 5.70. The summed E-state index contributed by atoms with van der Waals surface area (Å²) >= 11 is 0. The van der Waals surface area contributed by atoms with Crippen molar-refractivity contribution in [1.82, 2.24) is 9.44 Å². The van der Waals surface area contributed by atoms with Crippen molar-refractivity contribution in [2.45, 2.75) is 57.3 Å². The Morgan fingerprint density at radius 1 is 1.19 bits per heavy atom. The largest absolute Gasteiger partial charge is 0.493 e. The molecule has 2 unspecified atom stereocenters. The molecule has 5 aliphatic rings. The predicted molar refractivity (Wildman–Crippen MR) is 116 cm³/mol. The topological polar surface area (TPSA) is 105 Å². The molecule has 0 aromatic heterocycles. The van der Waals surface area contributed by atoms with E-state index in [1.807, 2.05) is 4.72 Å². The second-order valence-corrected chi connectivity index (χ2v) is 11.7. The fraction of sp³-hybridized carbons (Fsp3) is 0.696.